The van der Waals surface area contributed by atoms with E-state index in [-0.39, 0.29) is 36.9 Å². The lowest BCUT2D eigenvalue weighted by Crippen LogP contribution is -2.46. The number of fused-ring (bicyclic) bond motifs is 1. The van der Waals surface area contributed by atoms with E-state index in [4.69, 9.17) is 14.2 Å². The summed E-state index contributed by atoms with van der Waals surface area (Å²) in [5.41, 5.74) is 2.17. The average Bonchev–Trinajstić information content (AvgIpc) is 2.64. The molecular formula is C19H22N2O6. The first-order valence-electron chi connectivity index (χ1n) is 8.48. The SMILES string of the molecule is COC(=O)C1=C(C(=O)OC)N(c2ccc3c(c2)CC(=O)NC3(C)C)COC1. The maximum absolute atomic E-state index is 12.4. The second-order valence-electron chi connectivity index (χ2n) is 6.91. The molecule has 0 saturated heterocycles. The first kappa shape index (κ1) is 18.9. The molecule has 144 valence electrons. The number of benzene rings is 1. The number of rotatable bonds is 3. The molecule has 0 saturated carbocycles. The summed E-state index contributed by atoms with van der Waals surface area (Å²) in [6.07, 6.45) is 0.239. The molecule has 2 aliphatic heterocycles. The molecule has 2 aliphatic rings. The van der Waals surface area contributed by atoms with Gasteiger partial charge < -0.3 is 24.4 Å². The first-order chi connectivity index (χ1) is 12.8. The third kappa shape index (κ3) is 3.40. The Hall–Kier alpha value is -2.87. The number of ether oxygens (including phenoxy) is 3. The van der Waals surface area contributed by atoms with Crippen molar-refractivity contribution in [1.29, 1.82) is 0 Å². The lowest BCUT2D eigenvalue weighted by Gasteiger charge is -2.36. The minimum Gasteiger partial charge on any atom is -0.466 e. The van der Waals surface area contributed by atoms with Crippen LogP contribution in [0, 0.1) is 0 Å². The van der Waals surface area contributed by atoms with E-state index in [9.17, 15) is 14.4 Å². The molecule has 0 unspecified atom stereocenters. The summed E-state index contributed by atoms with van der Waals surface area (Å²) in [4.78, 5) is 38.1. The number of nitrogens with zero attached hydrogens (tertiary/aromatic N) is 1. The van der Waals surface area contributed by atoms with Crippen LogP contribution in [0.4, 0.5) is 5.69 Å². The van der Waals surface area contributed by atoms with Gasteiger partial charge in [0.05, 0.1) is 38.4 Å². The number of amides is 1. The van der Waals surface area contributed by atoms with Gasteiger partial charge in [-0.05, 0) is 37.1 Å². The number of hydrogen-bond donors (Lipinski definition) is 1. The molecule has 0 atom stereocenters. The average molecular weight is 374 g/mol. The molecule has 0 bridgehead atoms. The van der Waals surface area contributed by atoms with Gasteiger partial charge in [-0.25, -0.2) is 9.59 Å². The summed E-state index contributed by atoms with van der Waals surface area (Å²) >= 11 is 0. The summed E-state index contributed by atoms with van der Waals surface area (Å²) in [7, 11) is 2.49. The maximum Gasteiger partial charge on any atom is 0.355 e. The first-order valence-corrected chi connectivity index (χ1v) is 8.48. The topological polar surface area (TPSA) is 94.2 Å². The van der Waals surface area contributed by atoms with Crippen molar-refractivity contribution in [2.75, 3.05) is 32.5 Å². The minimum absolute atomic E-state index is 0.0476. The fraction of sp³-hybridized carbons (Fsp3) is 0.421. The molecule has 8 nitrogen and oxygen atoms in total. The molecule has 8 heteroatoms. The van der Waals surface area contributed by atoms with E-state index in [0.29, 0.717) is 5.69 Å². The molecular weight excluding hydrogens is 352 g/mol. The summed E-state index contributed by atoms with van der Waals surface area (Å²) in [5.74, 6) is -1.38. The monoisotopic (exact) mass is 374 g/mol. The third-order valence-corrected chi connectivity index (χ3v) is 4.71. The predicted molar refractivity (Wildman–Crippen MR) is 95.7 cm³/mol. The molecule has 1 aromatic rings. The summed E-state index contributed by atoms with van der Waals surface area (Å²) < 4.78 is 15.1. The maximum atomic E-state index is 12.4. The van der Waals surface area contributed by atoms with Gasteiger partial charge in [-0.15, -0.1) is 0 Å². The number of anilines is 1. The summed E-state index contributed by atoms with van der Waals surface area (Å²) in [6, 6.07) is 5.57. The molecule has 0 radical (unpaired) electrons. The highest BCUT2D eigenvalue weighted by molar-refractivity contribution is 6.03. The van der Waals surface area contributed by atoms with Crippen molar-refractivity contribution in [1.82, 2.24) is 5.32 Å². The van der Waals surface area contributed by atoms with Crippen LogP contribution >= 0.6 is 0 Å². The van der Waals surface area contributed by atoms with E-state index in [1.54, 1.807) is 4.90 Å². The second-order valence-corrected chi connectivity index (χ2v) is 6.91. The Morgan fingerprint density at radius 1 is 1.19 bits per heavy atom. The van der Waals surface area contributed by atoms with Gasteiger partial charge >= 0.3 is 11.9 Å². The van der Waals surface area contributed by atoms with E-state index in [0.717, 1.165) is 11.1 Å². The van der Waals surface area contributed by atoms with Gasteiger partial charge in [0, 0.05) is 5.69 Å². The Bertz CT molecular complexity index is 843. The fourth-order valence-corrected chi connectivity index (χ4v) is 3.48. The van der Waals surface area contributed by atoms with Gasteiger partial charge in [0.2, 0.25) is 5.91 Å². The zero-order valence-corrected chi connectivity index (χ0v) is 15.8. The summed E-state index contributed by atoms with van der Waals surface area (Å²) in [5, 5.41) is 2.95. The zero-order valence-electron chi connectivity index (χ0n) is 15.8. The lowest BCUT2D eigenvalue weighted by atomic mass is 9.84. The molecule has 1 N–H and O–H groups in total. The molecule has 2 heterocycles. The van der Waals surface area contributed by atoms with Crippen LogP contribution in [0.1, 0.15) is 25.0 Å². The van der Waals surface area contributed by atoms with Gasteiger partial charge in [-0.2, -0.15) is 0 Å². The lowest BCUT2D eigenvalue weighted by molar-refractivity contribution is -0.140. The number of carbonyl (C=O) groups is 3. The Labute approximate surface area is 157 Å². The van der Waals surface area contributed by atoms with E-state index in [1.165, 1.54) is 14.2 Å². The van der Waals surface area contributed by atoms with Crippen LogP contribution in [0.3, 0.4) is 0 Å². The van der Waals surface area contributed by atoms with Crippen LogP contribution in [0.25, 0.3) is 0 Å². The highest BCUT2D eigenvalue weighted by Crippen LogP contribution is 2.34. The van der Waals surface area contributed by atoms with Crippen LogP contribution in [0.5, 0.6) is 0 Å². The van der Waals surface area contributed by atoms with Crippen molar-refractivity contribution in [2.45, 2.75) is 25.8 Å². The van der Waals surface area contributed by atoms with Crippen LogP contribution in [-0.2, 0) is 40.6 Å². The van der Waals surface area contributed by atoms with E-state index in [2.05, 4.69) is 5.32 Å². The van der Waals surface area contributed by atoms with Gasteiger partial charge in [0.25, 0.3) is 0 Å². The normalized spacial score (nSPS) is 18.5. The van der Waals surface area contributed by atoms with E-state index < -0.39 is 17.5 Å². The number of hydrogen-bond acceptors (Lipinski definition) is 7. The quantitative estimate of drug-likeness (QED) is 0.789. The minimum atomic E-state index is -0.658. The van der Waals surface area contributed by atoms with Crippen molar-refractivity contribution in [3.05, 3.63) is 40.6 Å². The Morgan fingerprint density at radius 3 is 2.56 bits per heavy atom. The Balaban J connectivity index is 2.09. The molecule has 0 aliphatic carbocycles. The van der Waals surface area contributed by atoms with Crippen molar-refractivity contribution < 1.29 is 28.6 Å². The molecule has 1 amide bonds. The highest BCUT2D eigenvalue weighted by Gasteiger charge is 2.35. The molecule has 1 aromatic carbocycles. The van der Waals surface area contributed by atoms with Crippen molar-refractivity contribution in [3.63, 3.8) is 0 Å². The zero-order chi connectivity index (χ0) is 19.8. The number of esters is 2. The van der Waals surface area contributed by atoms with Crippen LogP contribution < -0.4 is 10.2 Å². The van der Waals surface area contributed by atoms with E-state index >= 15 is 0 Å². The molecule has 0 spiro atoms. The molecule has 0 aromatic heterocycles. The molecule has 3 rings (SSSR count). The van der Waals surface area contributed by atoms with Crippen molar-refractivity contribution in [2.24, 2.45) is 0 Å². The van der Waals surface area contributed by atoms with Gasteiger partial charge in [0.1, 0.15) is 12.4 Å². The molecule has 0 fully saturated rings. The van der Waals surface area contributed by atoms with Gasteiger partial charge in [-0.3, -0.25) is 4.79 Å². The number of carbonyl (C=O) groups excluding carboxylic acids is 3. The van der Waals surface area contributed by atoms with Crippen molar-refractivity contribution >= 4 is 23.5 Å². The van der Waals surface area contributed by atoms with Crippen LogP contribution in [0.15, 0.2) is 29.5 Å². The van der Waals surface area contributed by atoms with Crippen LogP contribution in [-0.4, -0.2) is 45.4 Å². The number of methoxy groups -OCH3 is 2. The van der Waals surface area contributed by atoms with Crippen LogP contribution in [0.2, 0.25) is 0 Å². The smallest absolute Gasteiger partial charge is 0.355 e. The van der Waals surface area contributed by atoms with E-state index in [1.807, 2.05) is 32.0 Å². The largest absolute Gasteiger partial charge is 0.466 e. The standard InChI is InChI=1S/C19H22N2O6/c1-19(2)14-6-5-12(7-11(14)8-15(22)20-19)21-10-27-9-13(17(23)25-3)16(21)18(24)26-4/h5-7H,8-10H2,1-4H3,(H,20,22). The predicted octanol–water partition coefficient (Wildman–Crippen LogP) is 0.988. The van der Waals surface area contributed by atoms with Crippen molar-refractivity contribution in [3.8, 4) is 0 Å². The number of nitrogens with one attached hydrogen (secondary N) is 1. The Kier molecular flexibility index (Phi) is 4.93. The summed E-state index contributed by atoms with van der Waals surface area (Å²) in [6.45, 7) is 3.89. The highest BCUT2D eigenvalue weighted by atomic mass is 16.5. The second kappa shape index (κ2) is 7.03. The fourth-order valence-electron chi connectivity index (χ4n) is 3.48. The van der Waals surface area contributed by atoms with Gasteiger partial charge in [0.15, 0.2) is 0 Å². The molecule has 27 heavy (non-hydrogen) atoms. The Morgan fingerprint density at radius 2 is 1.89 bits per heavy atom. The van der Waals surface area contributed by atoms with Gasteiger partial charge in [-0.1, -0.05) is 6.07 Å². The third-order valence-electron chi connectivity index (χ3n) is 4.71.